The van der Waals surface area contributed by atoms with Gasteiger partial charge in [-0.15, -0.1) is 0 Å². The van der Waals surface area contributed by atoms with E-state index in [-0.39, 0.29) is 5.76 Å². The van der Waals surface area contributed by atoms with Crippen LogP contribution >= 0.6 is 0 Å². The van der Waals surface area contributed by atoms with Crippen LogP contribution in [0.4, 0.5) is 0 Å². The van der Waals surface area contributed by atoms with E-state index in [1.54, 1.807) is 10.7 Å². The molecule has 0 fully saturated rings. The van der Waals surface area contributed by atoms with Crippen molar-refractivity contribution >= 4 is 5.97 Å². The predicted octanol–water partition coefficient (Wildman–Crippen LogP) is 2.09. The molecule has 5 nitrogen and oxygen atoms in total. The van der Waals surface area contributed by atoms with Crippen LogP contribution in [-0.4, -0.2) is 20.9 Å². The molecule has 0 saturated heterocycles. The number of furan rings is 1. The molecule has 16 heavy (non-hydrogen) atoms. The Morgan fingerprint density at radius 2 is 2.06 bits per heavy atom. The van der Waals surface area contributed by atoms with Crippen molar-refractivity contribution in [1.82, 2.24) is 9.78 Å². The SMILES string of the molecule is Cc1nn(-c2ccc(C(=O)O)o2)c(C)c1C. The molecule has 2 aromatic heterocycles. The maximum absolute atomic E-state index is 10.7. The van der Waals surface area contributed by atoms with Crippen molar-refractivity contribution in [3.05, 3.63) is 34.8 Å². The van der Waals surface area contributed by atoms with Crippen molar-refractivity contribution in [2.45, 2.75) is 20.8 Å². The fourth-order valence-corrected chi connectivity index (χ4v) is 1.49. The van der Waals surface area contributed by atoms with Gasteiger partial charge >= 0.3 is 5.97 Å². The van der Waals surface area contributed by atoms with Crippen LogP contribution in [0, 0.1) is 20.8 Å². The van der Waals surface area contributed by atoms with E-state index in [0.29, 0.717) is 5.88 Å². The zero-order chi connectivity index (χ0) is 11.9. The smallest absolute Gasteiger partial charge is 0.371 e. The van der Waals surface area contributed by atoms with Gasteiger partial charge in [-0.3, -0.25) is 0 Å². The normalized spacial score (nSPS) is 10.7. The molecule has 0 aliphatic rings. The Kier molecular flexibility index (Phi) is 2.30. The minimum absolute atomic E-state index is 0.0831. The van der Waals surface area contributed by atoms with Crippen LogP contribution in [-0.2, 0) is 0 Å². The van der Waals surface area contributed by atoms with E-state index < -0.39 is 5.97 Å². The quantitative estimate of drug-likeness (QED) is 0.841. The Hall–Kier alpha value is -2.04. The Labute approximate surface area is 92.3 Å². The second-order valence-electron chi connectivity index (χ2n) is 3.65. The summed E-state index contributed by atoms with van der Waals surface area (Å²) in [5, 5.41) is 13.0. The number of aryl methyl sites for hydroxylation is 1. The maximum Gasteiger partial charge on any atom is 0.371 e. The Morgan fingerprint density at radius 3 is 2.50 bits per heavy atom. The molecule has 2 aromatic rings. The number of aromatic carboxylic acids is 1. The highest BCUT2D eigenvalue weighted by Gasteiger charge is 2.14. The molecule has 0 aromatic carbocycles. The molecule has 0 aliphatic carbocycles. The number of hydrogen-bond acceptors (Lipinski definition) is 3. The van der Waals surface area contributed by atoms with E-state index in [1.165, 1.54) is 6.07 Å². The summed E-state index contributed by atoms with van der Waals surface area (Å²) in [4.78, 5) is 10.7. The Morgan fingerprint density at radius 1 is 1.38 bits per heavy atom. The van der Waals surface area contributed by atoms with E-state index in [1.807, 2.05) is 20.8 Å². The Balaban J connectivity index is 2.50. The van der Waals surface area contributed by atoms with Crippen LogP contribution < -0.4 is 0 Å². The third kappa shape index (κ3) is 1.50. The number of nitrogens with zero attached hydrogens (tertiary/aromatic N) is 2. The third-order valence-electron chi connectivity index (χ3n) is 2.66. The van der Waals surface area contributed by atoms with Crippen LogP contribution in [0.15, 0.2) is 16.5 Å². The van der Waals surface area contributed by atoms with Gasteiger partial charge in [-0.05, 0) is 32.4 Å². The molecule has 2 rings (SSSR count). The second-order valence-corrected chi connectivity index (χ2v) is 3.65. The van der Waals surface area contributed by atoms with Crippen molar-refractivity contribution in [3.63, 3.8) is 0 Å². The first-order valence-electron chi connectivity index (χ1n) is 4.87. The second kappa shape index (κ2) is 3.52. The average molecular weight is 220 g/mol. The van der Waals surface area contributed by atoms with E-state index in [9.17, 15) is 4.79 Å². The molecule has 1 N–H and O–H groups in total. The highest BCUT2D eigenvalue weighted by molar-refractivity contribution is 5.84. The zero-order valence-corrected chi connectivity index (χ0v) is 9.31. The van der Waals surface area contributed by atoms with Gasteiger partial charge in [0.05, 0.1) is 5.69 Å². The van der Waals surface area contributed by atoms with Crippen LogP contribution in [0.3, 0.4) is 0 Å². The topological polar surface area (TPSA) is 68.3 Å². The predicted molar refractivity (Wildman–Crippen MR) is 57.0 cm³/mol. The standard InChI is InChI=1S/C11H12N2O3/c1-6-7(2)12-13(8(6)3)10-5-4-9(16-10)11(14)15/h4-5H,1-3H3,(H,14,15). The highest BCUT2D eigenvalue weighted by Crippen LogP contribution is 2.18. The van der Waals surface area contributed by atoms with Crippen molar-refractivity contribution in [2.75, 3.05) is 0 Å². The molecular weight excluding hydrogens is 208 g/mol. The summed E-state index contributed by atoms with van der Waals surface area (Å²) >= 11 is 0. The molecule has 5 heteroatoms. The van der Waals surface area contributed by atoms with Gasteiger partial charge in [0.2, 0.25) is 11.6 Å². The largest absolute Gasteiger partial charge is 0.475 e. The van der Waals surface area contributed by atoms with E-state index in [2.05, 4.69) is 5.10 Å². The first kappa shape index (κ1) is 10.5. The van der Waals surface area contributed by atoms with Gasteiger partial charge in [0.25, 0.3) is 0 Å². The van der Waals surface area contributed by atoms with Crippen molar-refractivity contribution < 1.29 is 14.3 Å². The maximum atomic E-state index is 10.7. The lowest BCUT2D eigenvalue weighted by atomic mass is 10.2. The van der Waals surface area contributed by atoms with Gasteiger partial charge in [0.1, 0.15) is 0 Å². The van der Waals surface area contributed by atoms with Crippen LogP contribution in [0.25, 0.3) is 5.88 Å². The van der Waals surface area contributed by atoms with Gasteiger partial charge in [-0.1, -0.05) is 0 Å². The summed E-state index contributed by atoms with van der Waals surface area (Å²) in [6.07, 6.45) is 0. The minimum atomic E-state index is -1.08. The number of rotatable bonds is 2. The summed E-state index contributed by atoms with van der Waals surface area (Å²) in [6, 6.07) is 3.02. The fraction of sp³-hybridized carbons (Fsp3) is 0.273. The third-order valence-corrected chi connectivity index (χ3v) is 2.66. The van der Waals surface area contributed by atoms with Gasteiger partial charge in [-0.2, -0.15) is 5.10 Å². The van der Waals surface area contributed by atoms with Crippen LogP contribution in [0.5, 0.6) is 0 Å². The molecule has 0 spiro atoms. The molecule has 0 radical (unpaired) electrons. The van der Waals surface area contributed by atoms with Crippen molar-refractivity contribution in [2.24, 2.45) is 0 Å². The number of aromatic nitrogens is 2. The molecular formula is C11H12N2O3. The lowest BCUT2D eigenvalue weighted by Crippen LogP contribution is -1.98. The monoisotopic (exact) mass is 220 g/mol. The molecule has 0 aliphatic heterocycles. The summed E-state index contributed by atoms with van der Waals surface area (Å²) in [7, 11) is 0. The zero-order valence-electron chi connectivity index (χ0n) is 9.31. The van der Waals surface area contributed by atoms with Crippen LogP contribution in [0.2, 0.25) is 0 Å². The van der Waals surface area contributed by atoms with Gasteiger partial charge in [0.15, 0.2) is 0 Å². The molecule has 0 saturated carbocycles. The first-order valence-corrected chi connectivity index (χ1v) is 4.87. The first-order chi connectivity index (χ1) is 7.50. The lowest BCUT2D eigenvalue weighted by molar-refractivity contribution is 0.0662. The van der Waals surface area contributed by atoms with Gasteiger partial charge in [-0.25, -0.2) is 9.48 Å². The van der Waals surface area contributed by atoms with Crippen molar-refractivity contribution in [1.29, 1.82) is 0 Å². The summed E-state index contributed by atoms with van der Waals surface area (Å²) < 4.78 is 6.79. The number of hydrogen-bond donors (Lipinski definition) is 1. The molecule has 2 heterocycles. The average Bonchev–Trinajstić information content (AvgIpc) is 2.79. The number of carbonyl (C=O) groups is 1. The molecule has 0 amide bonds. The molecule has 0 atom stereocenters. The number of carboxylic acid groups (broad SMARTS) is 1. The number of carboxylic acids is 1. The van der Waals surface area contributed by atoms with Gasteiger partial charge in [0, 0.05) is 11.8 Å². The fourth-order valence-electron chi connectivity index (χ4n) is 1.49. The van der Waals surface area contributed by atoms with E-state index in [0.717, 1.165) is 17.0 Å². The van der Waals surface area contributed by atoms with Gasteiger partial charge < -0.3 is 9.52 Å². The van der Waals surface area contributed by atoms with Crippen LogP contribution in [0.1, 0.15) is 27.5 Å². The lowest BCUT2D eigenvalue weighted by Gasteiger charge is -1.98. The molecule has 0 bridgehead atoms. The summed E-state index contributed by atoms with van der Waals surface area (Å²) in [5.41, 5.74) is 2.93. The van der Waals surface area contributed by atoms with E-state index in [4.69, 9.17) is 9.52 Å². The van der Waals surface area contributed by atoms with E-state index >= 15 is 0 Å². The van der Waals surface area contributed by atoms with Crippen molar-refractivity contribution in [3.8, 4) is 5.88 Å². The minimum Gasteiger partial charge on any atom is -0.475 e. The highest BCUT2D eigenvalue weighted by atomic mass is 16.4. The summed E-state index contributed by atoms with van der Waals surface area (Å²) in [5.74, 6) is -0.740. The molecule has 84 valence electrons. The molecule has 0 unspecified atom stereocenters. The summed E-state index contributed by atoms with van der Waals surface area (Å²) in [6.45, 7) is 5.79. The Bertz CT molecular complexity index is 552.